The fourth-order valence-corrected chi connectivity index (χ4v) is 4.36. The Morgan fingerprint density at radius 3 is 2.67 bits per heavy atom. The molecule has 0 radical (unpaired) electrons. The highest BCUT2D eigenvalue weighted by Crippen LogP contribution is 2.26. The molecule has 0 spiro atoms. The summed E-state index contributed by atoms with van der Waals surface area (Å²) in [6.07, 6.45) is 6.65. The third kappa shape index (κ3) is 4.89. The summed E-state index contributed by atoms with van der Waals surface area (Å²) in [6, 6.07) is -0.345. The number of rotatable bonds is 6. The van der Waals surface area contributed by atoms with E-state index in [1.807, 2.05) is 13.8 Å². The van der Waals surface area contributed by atoms with E-state index < -0.39 is 0 Å². The molecular weight excluding hydrogens is 342 g/mol. The van der Waals surface area contributed by atoms with Gasteiger partial charge in [0, 0.05) is 44.5 Å². The van der Waals surface area contributed by atoms with Gasteiger partial charge in [0.1, 0.15) is 0 Å². The second-order valence-corrected chi connectivity index (χ2v) is 8.17. The number of carbonyl (C=O) groups is 2. The lowest BCUT2D eigenvalue weighted by Crippen LogP contribution is -2.57. The van der Waals surface area contributed by atoms with Gasteiger partial charge in [0.05, 0.1) is 18.2 Å². The van der Waals surface area contributed by atoms with Crippen molar-refractivity contribution in [3.63, 3.8) is 0 Å². The number of aryl methyl sites for hydroxylation is 2. The van der Waals surface area contributed by atoms with Gasteiger partial charge in [-0.3, -0.25) is 19.6 Å². The summed E-state index contributed by atoms with van der Waals surface area (Å²) in [6.45, 7) is 6.88. The second-order valence-electron chi connectivity index (χ2n) is 8.17. The van der Waals surface area contributed by atoms with Crippen molar-refractivity contribution in [2.75, 3.05) is 26.7 Å². The van der Waals surface area contributed by atoms with Gasteiger partial charge in [0.15, 0.2) is 0 Å². The lowest BCUT2D eigenvalue weighted by Gasteiger charge is -2.38. The van der Waals surface area contributed by atoms with Gasteiger partial charge in [-0.1, -0.05) is 19.3 Å². The molecule has 0 bridgehead atoms. The Hall–Kier alpha value is -1.89. The minimum Gasteiger partial charge on any atom is -0.353 e. The van der Waals surface area contributed by atoms with E-state index in [4.69, 9.17) is 0 Å². The molecule has 1 saturated heterocycles. The monoisotopic (exact) mass is 375 g/mol. The molecule has 1 atom stereocenters. The topological polar surface area (TPSA) is 81.3 Å². The fourth-order valence-electron chi connectivity index (χ4n) is 4.36. The molecule has 2 heterocycles. The summed E-state index contributed by atoms with van der Waals surface area (Å²) in [4.78, 5) is 29.3. The summed E-state index contributed by atoms with van der Waals surface area (Å²) >= 11 is 0. The largest absolute Gasteiger partial charge is 0.353 e. The van der Waals surface area contributed by atoms with Gasteiger partial charge < -0.3 is 10.2 Å². The first-order chi connectivity index (χ1) is 13.0. The third-order valence-corrected chi connectivity index (χ3v) is 6.13. The van der Waals surface area contributed by atoms with Crippen LogP contribution in [0.4, 0.5) is 0 Å². The Morgan fingerprint density at radius 2 is 2.00 bits per heavy atom. The van der Waals surface area contributed by atoms with E-state index in [-0.39, 0.29) is 24.3 Å². The van der Waals surface area contributed by atoms with Crippen molar-refractivity contribution >= 4 is 11.8 Å². The van der Waals surface area contributed by atoms with E-state index in [2.05, 4.69) is 20.4 Å². The average molecular weight is 376 g/mol. The van der Waals surface area contributed by atoms with E-state index in [0.717, 1.165) is 30.0 Å². The molecule has 1 aliphatic heterocycles. The van der Waals surface area contributed by atoms with Gasteiger partial charge in [-0.15, -0.1) is 0 Å². The number of H-pyrrole nitrogens is 1. The van der Waals surface area contributed by atoms with Crippen LogP contribution in [0.25, 0.3) is 0 Å². The number of aromatic nitrogens is 2. The van der Waals surface area contributed by atoms with Crippen LogP contribution in [0.3, 0.4) is 0 Å². The normalized spacial score (nSPS) is 21.9. The predicted molar refractivity (Wildman–Crippen MR) is 104 cm³/mol. The zero-order valence-electron chi connectivity index (χ0n) is 16.9. The first-order valence-electron chi connectivity index (χ1n) is 10.2. The number of amides is 2. The van der Waals surface area contributed by atoms with Crippen LogP contribution in [0.15, 0.2) is 0 Å². The van der Waals surface area contributed by atoms with Crippen molar-refractivity contribution in [2.45, 2.75) is 65.0 Å². The summed E-state index contributed by atoms with van der Waals surface area (Å²) < 4.78 is 0. The smallest absolute Gasteiger partial charge is 0.237 e. The van der Waals surface area contributed by atoms with Gasteiger partial charge in [0.25, 0.3) is 0 Å². The molecule has 0 aromatic carbocycles. The van der Waals surface area contributed by atoms with E-state index in [1.165, 1.54) is 32.1 Å². The predicted octanol–water partition coefficient (Wildman–Crippen LogP) is 1.76. The molecule has 150 valence electrons. The lowest BCUT2D eigenvalue weighted by molar-refractivity contribution is -0.138. The maximum absolute atomic E-state index is 12.8. The number of aromatic amines is 1. The maximum atomic E-state index is 12.8. The summed E-state index contributed by atoms with van der Waals surface area (Å²) in [5, 5.41) is 10.1. The van der Waals surface area contributed by atoms with Crippen LogP contribution in [0, 0.1) is 19.8 Å². The molecule has 7 heteroatoms. The molecule has 1 saturated carbocycles. The SMILES string of the molecule is Cc1n[nH]c(C)c1CN(C)C(=O)CC1C(=O)NCCN1CC1CCCCC1. The number of piperazine rings is 1. The second kappa shape index (κ2) is 8.87. The lowest BCUT2D eigenvalue weighted by atomic mass is 9.88. The molecule has 1 unspecified atom stereocenters. The molecule has 1 aliphatic carbocycles. The van der Waals surface area contributed by atoms with Crippen LogP contribution in [0.2, 0.25) is 0 Å². The molecule has 27 heavy (non-hydrogen) atoms. The Bertz CT molecular complexity index is 646. The van der Waals surface area contributed by atoms with Crippen molar-refractivity contribution in [1.29, 1.82) is 0 Å². The van der Waals surface area contributed by atoms with E-state index in [1.54, 1.807) is 11.9 Å². The molecular formula is C20H33N5O2. The van der Waals surface area contributed by atoms with Gasteiger partial charge in [-0.2, -0.15) is 5.10 Å². The summed E-state index contributed by atoms with van der Waals surface area (Å²) in [5.41, 5.74) is 2.96. The van der Waals surface area contributed by atoms with Crippen LogP contribution < -0.4 is 5.32 Å². The number of nitrogens with zero attached hydrogens (tertiary/aromatic N) is 3. The highest BCUT2D eigenvalue weighted by Gasteiger charge is 2.34. The fraction of sp³-hybridized carbons (Fsp3) is 0.750. The number of hydrogen-bond acceptors (Lipinski definition) is 4. The maximum Gasteiger partial charge on any atom is 0.237 e. The van der Waals surface area contributed by atoms with Crippen molar-refractivity contribution in [3.05, 3.63) is 17.0 Å². The minimum absolute atomic E-state index is 0.00511. The standard InChI is InChI=1S/C20H33N5O2/c1-14-17(15(2)23-22-14)13-24(3)19(26)11-18-20(27)21-9-10-25(18)12-16-7-5-4-6-8-16/h16,18H,4-13H2,1-3H3,(H,21,27)(H,22,23). The highest BCUT2D eigenvalue weighted by atomic mass is 16.2. The first-order valence-corrected chi connectivity index (χ1v) is 10.2. The minimum atomic E-state index is -0.345. The van der Waals surface area contributed by atoms with Gasteiger partial charge in [0.2, 0.25) is 11.8 Å². The van der Waals surface area contributed by atoms with Crippen LogP contribution in [-0.4, -0.2) is 64.5 Å². The number of hydrogen-bond donors (Lipinski definition) is 2. The van der Waals surface area contributed by atoms with E-state index >= 15 is 0 Å². The number of nitrogens with one attached hydrogen (secondary N) is 2. The molecule has 2 fully saturated rings. The van der Waals surface area contributed by atoms with Crippen LogP contribution in [0.5, 0.6) is 0 Å². The molecule has 2 amide bonds. The molecule has 1 aromatic heterocycles. The molecule has 2 aliphatic rings. The summed E-state index contributed by atoms with van der Waals surface area (Å²) in [5.74, 6) is 0.663. The third-order valence-electron chi connectivity index (χ3n) is 6.13. The molecule has 7 nitrogen and oxygen atoms in total. The van der Waals surface area contributed by atoms with Crippen LogP contribution >= 0.6 is 0 Å². The molecule has 1 aromatic rings. The van der Waals surface area contributed by atoms with Crippen molar-refractivity contribution in [1.82, 2.24) is 25.3 Å². The van der Waals surface area contributed by atoms with Gasteiger partial charge in [-0.25, -0.2) is 0 Å². The Kier molecular flexibility index (Phi) is 6.52. The number of carbonyl (C=O) groups excluding carboxylic acids is 2. The van der Waals surface area contributed by atoms with E-state index in [0.29, 0.717) is 19.0 Å². The highest BCUT2D eigenvalue weighted by molar-refractivity contribution is 5.88. The first kappa shape index (κ1) is 19.9. The Morgan fingerprint density at radius 1 is 1.26 bits per heavy atom. The molecule has 3 rings (SSSR count). The summed E-state index contributed by atoms with van der Waals surface area (Å²) in [7, 11) is 1.81. The van der Waals surface area contributed by atoms with Crippen molar-refractivity contribution in [2.24, 2.45) is 5.92 Å². The van der Waals surface area contributed by atoms with Crippen molar-refractivity contribution < 1.29 is 9.59 Å². The van der Waals surface area contributed by atoms with Crippen molar-refractivity contribution in [3.8, 4) is 0 Å². The van der Waals surface area contributed by atoms with Gasteiger partial charge in [-0.05, 0) is 32.6 Å². The zero-order chi connectivity index (χ0) is 19.4. The average Bonchev–Trinajstić information content (AvgIpc) is 2.97. The quantitative estimate of drug-likeness (QED) is 0.794. The Labute approximate surface area is 161 Å². The Balaban J connectivity index is 1.61. The van der Waals surface area contributed by atoms with Crippen LogP contribution in [-0.2, 0) is 16.1 Å². The van der Waals surface area contributed by atoms with E-state index in [9.17, 15) is 9.59 Å². The van der Waals surface area contributed by atoms with Crippen LogP contribution in [0.1, 0.15) is 55.5 Å². The van der Waals surface area contributed by atoms with Gasteiger partial charge >= 0.3 is 0 Å². The zero-order valence-corrected chi connectivity index (χ0v) is 16.9. The molecule has 2 N–H and O–H groups in total.